The van der Waals surface area contributed by atoms with E-state index in [4.69, 9.17) is 0 Å². The number of methoxy groups -OCH3 is 1. The number of aliphatic hydroxyl groups is 1. The molecule has 0 radical (unpaired) electrons. The van der Waals surface area contributed by atoms with Crippen LogP contribution in [0.25, 0.3) is 0 Å². The fraction of sp³-hybridized carbons (Fsp3) is 0.333. The van der Waals surface area contributed by atoms with Crippen LogP contribution in [-0.2, 0) is 19.9 Å². The predicted molar refractivity (Wildman–Crippen MR) is 75.2 cm³/mol. The zero-order chi connectivity index (χ0) is 17.5. The largest absolute Gasteiger partial charge is 0.466 e. The number of hydrogen-bond acceptors (Lipinski definition) is 4. The second kappa shape index (κ2) is 7.77. The molecule has 0 saturated heterocycles. The van der Waals surface area contributed by atoms with Crippen LogP contribution >= 0.6 is 0 Å². The first-order valence-electron chi connectivity index (χ1n) is 6.56. The molecule has 0 aliphatic heterocycles. The Hall–Kier alpha value is -2.35. The number of amides is 1. The van der Waals surface area contributed by atoms with Crippen LogP contribution in [0.3, 0.4) is 0 Å². The first kappa shape index (κ1) is 18.7. The average molecular weight is 331 g/mol. The lowest BCUT2D eigenvalue weighted by molar-refractivity contribution is -0.267. The standard InChI is InChI=1S/C15H16F3NO4/c1-23-13(21)8-5-9-19-12(20)10-14(22,15(16,17)18)11-6-3-2-4-7-11/h2-8,22H,9-10H2,1H3,(H,19,20). The van der Waals surface area contributed by atoms with Crippen molar-refractivity contribution in [1.82, 2.24) is 5.32 Å². The van der Waals surface area contributed by atoms with Crippen molar-refractivity contribution in [2.75, 3.05) is 13.7 Å². The van der Waals surface area contributed by atoms with E-state index in [1.807, 2.05) is 0 Å². The molecule has 23 heavy (non-hydrogen) atoms. The molecule has 126 valence electrons. The van der Waals surface area contributed by atoms with Gasteiger partial charge in [-0.3, -0.25) is 4.79 Å². The predicted octanol–water partition coefficient (Wildman–Crippen LogP) is 1.67. The summed E-state index contributed by atoms with van der Waals surface area (Å²) >= 11 is 0. The molecule has 0 aliphatic rings. The van der Waals surface area contributed by atoms with Gasteiger partial charge in [0.2, 0.25) is 5.91 Å². The van der Waals surface area contributed by atoms with E-state index in [9.17, 15) is 27.9 Å². The minimum absolute atomic E-state index is 0.170. The maximum Gasteiger partial charge on any atom is 0.421 e. The smallest absolute Gasteiger partial charge is 0.421 e. The van der Waals surface area contributed by atoms with Crippen LogP contribution in [0.5, 0.6) is 0 Å². The molecule has 1 unspecified atom stereocenters. The highest BCUT2D eigenvalue weighted by atomic mass is 19.4. The van der Waals surface area contributed by atoms with Gasteiger partial charge in [0.25, 0.3) is 0 Å². The molecule has 0 fully saturated rings. The minimum Gasteiger partial charge on any atom is -0.466 e. The number of alkyl halides is 3. The summed E-state index contributed by atoms with van der Waals surface area (Å²) in [4.78, 5) is 22.5. The average Bonchev–Trinajstić information content (AvgIpc) is 2.51. The molecule has 0 aliphatic carbocycles. The van der Waals surface area contributed by atoms with Crippen molar-refractivity contribution in [3.63, 3.8) is 0 Å². The van der Waals surface area contributed by atoms with E-state index in [2.05, 4.69) is 10.1 Å². The molecule has 1 atom stereocenters. The number of carbonyl (C=O) groups is 2. The van der Waals surface area contributed by atoms with Crippen molar-refractivity contribution < 1.29 is 32.6 Å². The third kappa shape index (κ3) is 5.10. The quantitative estimate of drug-likeness (QED) is 0.614. The van der Waals surface area contributed by atoms with Crippen LogP contribution in [0.1, 0.15) is 12.0 Å². The maximum absolute atomic E-state index is 13.2. The number of esters is 1. The van der Waals surface area contributed by atoms with Gasteiger partial charge in [-0.2, -0.15) is 13.2 Å². The first-order chi connectivity index (χ1) is 10.7. The highest BCUT2D eigenvalue weighted by molar-refractivity contribution is 5.82. The van der Waals surface area contributed by atoms with Crippen molar-refractivity contribution in [1.29, 1.82) is 0 Å². The summed E-state index contributed by atoms with van der Waals surface area (Å²) in [6.45, 7) is -0.170. The third-order valence-corrected chi connectivity index (χ3v) is 3.01. The molecule has 5 nitrogen and oxygen atoms in total. The molecule has 1 aromatic rings. The highest BCUT2D eigenvalue weighted by Crippen LogP contribution is 2.41. The summed E-state index contributed by atoms with van der Waals surface area (Å²) in [6.07, 6.45) is -3.97. The number of nitrogens with one attached hydrogen (secondary N) is 1. The van der Waals surface area contributed by atoms with Crippen LogP contribution in [-0.4, -0.2) is 36.8 Å². The highest BCUT2D eigenvalue weighted by Gasteiger charge is 2.55. The summed E-state index contributed by atoms with van der Waals surface area (Å²) in [6, 6.07) is 6.36. The zero-order valence-electron chi connectivity index (χ0n) is 12.3. The fourth-order valence-electron chi connectivity index (χ4n) is 1.77. The van der Waals surface area contributed by atoms with Gasteiger partial charge in [0, 0.05) is 12.6 Å². The fourth-order valence-corrected chi connectivity index (χ4v) is 1.77. The van der Waals surface area contributed by atoms with Gasteiger partial charge in [0.1, 0.15) is 0 Å². The Labute approximate surface area is 130 Å². The van der Waals surface area contributed by atoms with Gasteiger partial charge in [-0.25, -0.2) is 4.79 Å². The summed E-state index contributed by atoms with van der Waals surface area (Å²) in [5.74, 6) is -1.67. The molecule has 0 heterocycles. The van der Waals surface area contributed by atoms with Crippen molar-refractivity contribution in [3.8, 4) is 0 Å². The number of hydrogen-bond donors (Lipinski definition) is 2. The lowest BCUT2D eigenvalue weighted by Crippen LogP contribution is -2.46. The van der Waals surface area contributed by atoms with Gasteiger partial charge >= 0.3 is 12.1 Å². The SMILES string of the molecule is COC(=O)C=CCNC(=O)CC(O)(c1ccccc1)C(F)(F)F. The zero-order valence-corrected chi connectivity index (χ0v) is 12.3. The number of benzene rings is 1. The van der Waals surface area contributed by atoms with Crippen molar-refractivity contribution in [3.05, 3.63) is 48.0 Å². The molecule has 2 N–H and O–H groups in total. The Balaban J connectivity index is 2.78. The normalized spacial score (nSPS) is 14.3. The summed E-state index contributed by atoms with van der Waals surface area (Å²) in [5.41, 5.74) is -3.71. The topological polar surface area (TPSA) is 75.6 Å². The summed E-state index contributed by atoms with van der Waals surface area (Å²) in [7, 11) is 1.16. The lowest BCUT2D eigenvalue weighted by atomic mass is 9.89. The van der Waals surface area contributed by atoms with Crippen LogP contribution in [0.15, 0.2) is 42.5 Å². The maximum atomic E-state index is 13.2. The molecule has 1 rings (SSSR count). The molecule has 0 saturated carbocycles. The van der Waals surface area contributed by atoms with E-state index >= 15 is 0 Å². The number of carbonyl (C=O) groups excluding carboxylic acids is 2. The number of halogens is 3. The molecular formula is C15H16F3NO4. The van der Waals surface area contributed by atoms with Crippen LogP contribution in [0.2, 0.25) is 0 Å². The van der Waals surface area contributed by atoms with Crippen LogP contribution in [0, 0.1) is 0 Å². The van der Waals surface area contributed by atoms with Crippen LogP contribution in [0.4, 0.5) is 13.2 Å². The Morgan fingerprint density at radius 3 is 2.39 bits per heavy atom. The molecule has 0 spiro atoms. The third-order valence-electron chi connectivity index (χ3n) is 3.01. The molecule has 8 heteroatoms. The lowest BCUT2D eigenvalue weighted by Gasteiger charge is -2.30. The van der Waals surface area contributed by atoms with E-state index in [-0.39, 0.29) is 6.54 Å². The Kier molecular flexibility index (Phi) is 6.32. The second-order valence-corrected chi connectivity index (χ2v) is 4.63. The Bertz CT molecular complexity index is 572. The van der Waals surface area contributed by atoms with Gasteiger partial charge < -0.3 is 15.2 Å². The van der Waals surface area contributed by atoms with Gasteiger partial charge in [-0.15, -0.1) is 0 Å². The van der Waals surface area contributed by atoms with Gasteiger partial charge in [0.05, 0.1) is 13.5 Å². The molecular weight excluding hydrogens is 315 g/mol. The van der Waals surface area contributed by atoms with Gasteiger partial charge in [-0.05, 0) is 5.56 Å². The molecule has 1 aromatic carbocycles. The number of rotatable bonds is 6. The second-order valence-electron chi connectivity index (χ2n) is 4.63. The van der Waals surface area contributed by atoms with Crippen molar-refractivity contribution in [2.45, 2.75) is 18.2 Å². The summed E-state index contributed by atoms with van der Waals surface area (Å²) < 4.78 is 43.9. The van der Waals surface area contributed by atoms with E-state index in [0.717, 1.165) is 25.3 Å². The van der Waals surface area contributed by atoms with E-state index in [0.29, 0.717) is 0 Å². The first-order valence-corrected chi connectivity index (χ1v) is 6.56. The van der Waals surface area contributed by atoms with Crippen molar-refractivity contribution in [2.24, 2.45) is 0 Å². The van der Waals surface area contributed by atoms with E-state index in [1.165, 1.54) is 24.3 Å². The minimum atomic E-state index is -5.02. The molecule has 0 bridgehead atoms. The Morgan fingerprint density at radius 1 is 1.26 bits per heavy atom. The van der Waals surface area contributed by atoms with Gasteiger partial charge in [-0.1, -0.05) is 36.4 Å². The molecule has 0 aromatic heterocycles. The van der Waals surface area contributed by atoms with Gasteiger partial charge in [0.15, 0.2) is 5.60 Å². The van der Waals surface area contributed by atoms with Crippen LogP contribution < -0.4 is 5.32 Å². The van der Waals surface area contributed by atoms with E-state index in [1.54, 1.807) is 0 Å². The Morgan fingerprint density at radius 2 is 1.87 bits per heavy atom. The monoisotopic (exact) mass is 331 g/mol. The van der Waals surface area contributed by atoms with E-state index < -0.39 is 35.6 Å². The summed E-state index contributed by atoms with van der Waals surface area (Å²) in [5, 5.41) is 12.2. The van der Waals surface area contributed by atoms with Crippen molar-refractivity contribution >= 4 is 11.9 Å². The molecule has 1 amide bonds. The number of ether oxygens (including phenoxy) is 1.